The Morgan fingerprint density at radius 3 is 2.44 bits per heavy atom. The number of hydrogen-bond donors (Lipinski definition) is 3. The molecule has 0 unspecified atom stereocenters. The zero-order chi connectivity index (χ0) is 18.1. The Labute approximate surface area is 141 Å². The predicted molar refractivity (Wildman–Crippen MR) is 89.1 cm³/mol. The second-order valence-electron chi connectivity index (χ2n) is 5.38. The van der Waals surface area contributed by atoms with Crippen LogP contribution in [0.1, 0.15) is 5.56 Å². The zero-order valence-corrected chi connectivity index (χ0v) is 13.1. The van der Waals surface area contributed by atoms with Gasteiger partial charge in [0.05, 0.1) is 19.1 Å². The van der Waals surface area contributed by atoms with Gasteiger partial charge in [-0.15, -0.1) is 0 Å². The Kier molecular flexibility index (Phi) is 4.06. The van der Waals surface area contributed by atoms with Gasteiger partial charge >= 0.3 is 5.97 Å². The molecule has 25 heavy (non-hydrogen) atoms. The van der Waals surface area contributed by atoms with Crippen LogP contribution in [0.2, 0.25) is 0 Å². The van der Waals surface area contributed by atoms with Gasteiger partial charge in [-0.05, 0) is 17.7 Å². The zero-order valence-electron chi connectivity index (χ0n) is 13.1. The summed E-state index contributed by atoms with van der Waals surface area (Å²) in [6, 6.07) is 7.60. The van der Waals surface area contributed by atoms with E-state index in [-0.39, 0.29) is 22.1 Å². The summed E-state index contributed by atoms with van der Waals surface area (Å²) in [7, 11) is 1.52. The SMILES string of the molecule is COc1ccc(-c2coc3c(CC(=O)O)c(O)cc(O)c3c2=O)cc1. The first-order chi connectivity index (χ1) is 11.9. The maximum absolute atomic E-state index is 12.8. The van der Waals surface area contributed by atoms with Gasteiger partial charge in [0.25, 0.3) is 0 Å². The monoisotopic (exact) mass is 342 g/mol. The standard InChI is InChI=1S/C18H14O7/c1-24-10-4-2-9(3-5-10)12-8-25-18-11(6-15(21)22)13(19)7-14(20)16(18)17(12)23/h2-5,7-8,19-20H,6H2,1H3,(H,21,22). The topological polar surface area (TPSA) is 117 Å². The summed E-state index contributed by atoms with van der Waals surface area (Å²) in [4.78, 5) is 23.8. The van der Waals surface area contributed by atoms with E-state index in [2.05, 4.69) is 0 Å². The molecule has 1 aromatic heterocycles. The molecule has 7 nitrogen and oxygen atoms in total. The highest BCUT2D eigenvalue weighted by Gasteiger charge is 2.20. The number of methoxy groups -OCH3 is 1. The molecule has 0 aliphatic rings. The van der Waals surface area contributed by atoms with Crippen molar-refractivity contribution in [2.75, 3.05) is 7.11 Å². The molecule has 3 N–H and O–H groups in total. The van der Waals surface area contributed by atoms with Crippen LogP contribution >= 0.6 is 0 Å². The van der Waals surface area contributed by atoms with Crippen LogP contribution < -0.4 is 10.2 Å². The van der Waals surface area contributed by atoms with Crippen molar-refractivity contribution in [1.82, 2.24) is 0 Å². The number of phenols is 2. The molecule has 2 aromatic carbocycles. The third kappa shape index (κ3) is 2.87. The normalized spacial score (nSPS) is 10.8. The number of ether oxygens (including phenoxy) is 1. The lowest BCUT2D eigenvalue weighted by molar-refractivity contribution is -0.136. The minimum absolute atomic E-state index is 0.0707. The Bertz CT molecular complexity index is 1020. The molecule has 128 valence electrons. The fourth-order valence-electron chi connectivity index (χ4n) is 2.62. The maximum Gasteiger partial charge on any atom is 0.308 e. The number of benzene rings is 2. The van der Waals surface area contributed by atoms with Crippen molar-refractivity contribution in [1.29, 1.82) is 0 Å². The van der Waals surface area contributed by atoms with E-state index in [0.29, 0.717) is 11.3 Å². The predicted octanol–water partition coefficient (Wildman–Crippen LogP) is 2.51. The number of carboxylic acid groups (broad SMARTS) is 1. The summed E-state index contributed by atoms with van der Waals surface area (Å²) >= 11 is 0. The smallest absolute Gasteiger partial charge is 0.308 e. The molecule has 0 fully saturated rings. The van der Waals surface area contributed by atoms with Crippen LogP contribution in [0.25, 0.3) is 22.1 Å². The molecule has 0 saturated heterocycles. The van der Waals surface area contributed by atoms with Crippen LogP contribution in [0, 0.1) is 0 Å². The first kappa shape index (κ1) is 16.4. The molecule has 1 heterocycles. The van der Waals surface area contributed by atoms with Gasteiger partial charge in [-0.25, -0.2) is 0 Å². The fraction of sp³-hybridized carbons (Fsp3) is 0.111. The molecule has 0 saturated carbocycles. The molecule has 3 aromatic rings. The molecule has 0 amide bonds. The van der Waals surface area contributed by atoms with Crippen molar-refractivity contribution in [3.8, 4) is 28.4 Å². The summed E-state index contributed by atoms with van der Waals surface area (Å²) in [6.45, 7) is 0. The number of phenolic OH excluding ortho intramolecular Hbond substituents is 2. The number of aliphatic carboxylic acids is 1. The maximum atomic E-state index is 12.8. The number of fused-ring (bicyclic) bond motifs is 1. The van der Waals surface area contributed by atoms with E-state index < -0.39 is 29.3 Å². The fourth-order valence-corrected chi connectivity index (χ4v) is 2.62. The lowest BCUT2D eigenvalue weighted by atomic mass is 10.0. The number of aromatic hydroxyl groups is 2. The third-order valence-electron chi connectivity index (χ3n) is 3.84. The Hall–Kier alpha value is -3.48. The van der Waals surface area contributed by atoms with Crippen LogP contribution in [-0.2, 0) is 11.2 Å². The van der Waals surface area contributed by atoms with Crippen LogP contribution in [0.4, 0.5) is 0 Å². The summed E-state index contributed by atoms with van der Waals surface area (Å²) in [5.41, 5.74) is -0.0162. The van der Waals surface area contributed by atoms with Gasteiger partial charge in [0.15, 0.2) is 0 Å². The van der Waals surface area contributed by atoms with Crippen molar-refractivity contribution < 1.29 is 29.3 Å². The van der Waals surface area contributed by atoms with Gasteiger partial charge in [-0.3, -0.25) is 9.59 Å². The van der Waals surface area contributed by atoms with Gasteiger partial charge in [0, 0.05) is 11.6 Å². The van der Waals surface area contributed by atoms with Crippen LogP contribution in [0.5, 0.6) is 17.2 Å². The summed E-state index contributed by atoms with van der Waals surface area (Å²) in [5.74, 6) is -1.52. The van der Waals surface area contributed by atoms with E-state index in [9.17, 15) is 19.8 Å². The number of rotatable bonds is 4. The summed E-state index contributed by atoms with van der Waals surface area (Å²) in [5, 5.41) is 28.7. The number of hydrogen-bond acceptors (Lipinski definition) is 6. The minimum Gasteiger partial charge on any atom is -0.507 e. The van der Waals surface area contributed by atoms with Gasteiger partial charge in [-0.1, -0.05) is 12.1 Å². The van der Waals surface area contributed by atoms with Crippen molar-refractivity contribution in [3.63, 3.8) is 0 Å². The Morgan fingerprint density at radius 1 is 1.16 bits per heavy atom. The Morgan fingerprint density at radius 2 is 1.84 bits per heavy atom. The highest BCUT2D eigenvalue weighted by atomic mass is 16.5. The molecule has 7 heteroatoms. The van der Waals surface area contributed by atoms with Gasteiger partial charge in [0.2, 0.25) is 5.43 Å². The van der Waals surface area contributed by atoms with Crippen molar-refractivity contribution in [2.45, 2.75) is 6.42 Å². The summed E-state index contributed by atoms with van der Waals surface area (Å²) in [6.07, 6.45) is 0.629. The molecule has 0 aliphatic carbocycles. The van der Waals surface area contributed by atoms with Crippen LogP contribution in [-0.4, -0.2) is 28.4 Å². The third-order valence-corrected chi connectivity index (χ3v) is 3.84. The van der Waals surface area contributed by atoms with Crippen molar-refractivity contribution in [3.05, 3.63) is 52.4 Å². The van der Waals surface area contributed by atoms with E-state index in [4.69, 9.17) is 14.3 Å². The van der Waals surface area contributed by atoms with E-state index in [1.807, 2.05) is 0 Å². The molecular weight excluding hydrogens is 328 g/mol. The number of carbonyl (C=O) groups is 1. The quantitative estimate of drug-likeness (QED) is 0.667. The first-order valence-corrected chi connectivity index (χ1v) is 7.28. The van der Waals surface area contributed by atoms with E-state index in [0.717, 1.165) is 6.07 Å². The molecular formula is C18H14O7. The van der Waals surface area contributed by atoms with Crippen LogP contribution in [0.15, 0.2) is 45.8 Å². The van der Waals surface area contributed by atoms with Gasteiger partial charge in [-0.2, -0.15) is 0 Å². The second-order valence-corrected chi connectivity index (χ2v) is 5.38. The van der Waals surface area contributed by atoms with Gasteiger partial charge < -0.3 is 24.5 Å². The minimum atomic E-state index is -1.20. The van der Waals surface area contributed by atoms with Crippen molar-refractivity contribution >= 4 is 16.9 Å². The summed E-state index contributed by atoms with van der Waals surface area (Å²) < 4.78 is 10.5. The average Bonchev–Trinajstić information content (AvgIpc) is 2.58. The van der Waals surface area contributed by atoms with E-state index >= 15 is 0 Å². The first-order valence-electron chi connectivity index (χ1n) is 7.28. The highest BCUT2D eigenvalue weighted by Crippen LogP contribution is 2.34. The van der Waals surface area contributed by atoms with Crippen LogP contribution in [0.3, 0.4) is 0 Å². The average molecular weight is 342 g/mol. The molecule has 0 bridgehead atoms. The molecule has 0 aliphatic heterocycles. The highest BCUT2D eigenvalue weighted by molar-refractivity contribution is 5.92. The van der Waals surface area contributed by atoms with E-state index in [1.54, 1.807) is 24.3 Å². The van der Waals surface area contributed by atoms with Gasteiger partial charge in [0.1, 0.15) is 34.5 Å². The molecule has 0 spiro atoms. The molecule has 0 atom stereocenters. The van der Waals surface area contributed by atoms with Crippen molar-refractivity contribution in [2.24, 2.45) is 0 Å². The lowest BCUT2D eigenvalue weighted by Crippen LogP contribution is -2.08. The molecule has 3 rings (SSSR count). The Balaban J connectivity index is 2.26. The lowest BCUT2D eigenvalue weighted by Gasteiger charge is -2.09. The second kappa shape index (κ2) is 6.20. The molecule has 0 radical (unpaired) electrons. The number of carboxylic acids is 1. The van der Waals surface area contributed by atoms with E-state index in [1.165, 1.54) is 13.4 Å². The largest absolute Gasteiger partial charge is 0.507 e.